The maximum atomic E-state index is 11.2. The van der Waals surface area contributed by atoms with Crippen molar-refractivity contribution >= 4 is 17.0 Å². The third kappa shape index (κ3) is 5.90. The fraction of sp³-hybridized carbons (Fsp3) is 0.481. The van der Waals surface area contributed by atoms with E-state index in [1.807, 2.05) is 18.2 Å². The van der Waals surface area contributed by atoms with Crippen molar-refractivity contribution in [1.29, 1.82) is 0 Å². The van der Waals surface area contributed by atoms with Gasteiger partial charge in [0.1, 0.15) is 11.6 Å². The zero-order valence-corrected chi connectivity index (χ0v) is 19.1. The molecule has 3 aromatic rings. The van der Waals surface area contributed by atoms with Crippen molar-refractivity contribution in [3.63, 3.8) is 0 Å². The third-order valence-electron chi connectivity index (χ3n) is 6.44. The molecule has 1 saturated carbocycles. The number of fused-ring (bicyclic) bond motifs is 1. The van der Waals surface area contributed by atoms with E-state index < -0.39 is 0 Å². The molecule has 1 aliphatic rings. The van der Waals surface area contributed by atoms with Crippen molar-refractivity contribution < 1.29 is 14.3 Å². The highest BCUT2D eigenvalue weighted by Crippen LogP contribution is 2.33. The Morgan fingerprint density at radius 3 is 2.66 bits per heavy atom. The molecule has 5 heteroatoms. The van der Waals surface area contributed by atoms with Crippen LogP contribution in [-0.4, -0.2) is 29.7 Å². The van der Waals surface area contributed by atoms with Gasteiger partial charge < -0.3 is 14.5 Å². The van der Waals surface area contributed by atoms with Crippen molar-refractivity contribution in [2.24, 2.45) is 5.92 Å². The standard InChI is InChI=1S/C27H34N2O3/c1-31-25(30)15-9-4-10-16-32-23-18-22(17-20-11-5-2-6-12-20)26-24(19-23)28-27(29-26)21-13-7-3-8-14-21/h3,7-8,13-14,18-20H,2,4-6,9-12,15-17H2,1H3,(H,28,29). The minimum atomic E-state index is -0.141. The average molecular weight is 435 g/mol. The molecule has 0 radical (unpaired) electrons. The monoisotopic (exact) mass is 434 g/mol. The zero-order chi connectivity index (χ0) is 22.2. The molecular formula is C27H34N2O3. The van der Waals surface area contributed by atoms with Crippen LogP contribution in [0.5, 0.6) is 5.75 Å². The molecular weight excluding hydrogens is 400 g/mol. The minimum Gasteiger partial charge on any atom is -0.494 e. The quantitative estimate of drug-likeness (QED) is 0.294. The van der Waals surface area contributed by atoms with E-state index in [2.05, 4.69) is 29.2 Å². The highest BCUT2D eigenvalue weighted by atomic mass is 16.5. The summed E-state index contributed by atoms with van der Waals surface area (Å²) in [4.78, 5) is 19.7. The van der Waals surface area contributed by atoms with E-state index in [1.54, 1.807) is 0 Å². The number of hydrogen-bond donors (Lipinski definition) is 1. The third-order valence-corrected chi connectivity index (χ3v) is 6.44. The van der Waals surface area contributed by atoms with Gasteiger partial charge >= 0.3 is 5.97 Å². The van der Waals surface area contributed by atoms with E-state index in [-0.39, 0.29) is 5.97 Å². The number of aromatic nitrogens is 2. The van der Waals surface area contributed by atoms with Crippen LogP contribution in [0.4, 0.5) is 0 Å². The van der Waals surface area contributed by atoms with E-state index in [1.165, 1.54) is 44.8 Å². The van der Waals surface area contributed by atoms with Gasteiger partial charge in [-0.3, -0.25) is 4.79 Å². The van der Waals surface area contributed by atoms with E-state index in [4.69, 9.17) is 14.5 Å². The van der Waals surface area contributed by atoms with Gasteiger partial charge in [0.15, 0.2) is 0 Å². The molecule has 1 N–H and O–H groups in total. The predicted molar refractivity (Wildman–Crippen MR) is 128 cm³/mol. The van der Waals surface area contributed by atoms with Gasteiger partial charge in [-0.2, -0.15) is 0 Å². The first-order valence-corrected chi connectivity index (χ1v) is 12.0. The van der Waals surface area contributed by atoms with Crippen LogP contribution in [-0.2, 0) is 16.0 Å². The molecule has 0 atom stereocenters. The predicted octanol–water partition coefficient (Wildman–Crippen LogP) is 6.46. The Morgan fingerprint density at radius 2 is 1.88 bits per heavy atom. The number of nitrogens with zero attached hydrogens (tertiary/aromatic N) is 1. The number of rotatable bonds is 10. The van der Waals surface area contributed by atoms with E-state index >= 15 is 0 Å². The molecule has 0 saturated heterocycles. The van der Waals surface area contributed by atoms with E-state index in [9.17, 15) is 4.79 Å². The summed E-state index contributed by atoms with van der Waals surface area (Å²) in [5.74, 6) is 2.40. The SMILES string of the molecule is COC(=O)CCCCCOc1cc(CC2CCCCC2)c2nc(-c3ccccc3)[nH]c2c1. The van der Waals surface area contributed by atoms with Crippen LogP contribution >= 0.6 is 0 Å². The Morgan fingerprint density at radius 1 is 1.06 bits per heavy atom. The fourth-order valence-electron chi connectivity index (χ4n) is 4.67. The number of benzene rings is 2. The topological polar surface area (TPSA) is 64.2 Å². The fourth-order valence-corrected chi connectivity index (χ4v) is 4.67. The number of unbranched alkanes of at least 4 members (excludes halogenated alkanes) is 2. The minimum absolute atomic E-state index is 0.141. The second-order valence-corrected chi connectivity index (χ2v) is 8.87. The first-order valence-electron chi connectivity index (χ1n) is 12.0. The summed E-state index contributed by atoms with van der Waals surface area (Å²) in [6.07, 6.45) is 10.9. The van der Waals surface area contributed by atoms with E-state index in [0.717, 1.165) is 59.8 Å². The number of carbonyl (C=O) groups excluding carboxylic acids is 1. The molecule has 4 rings (SSSR count). The highest BCUT2D eigenvalue weighted by Gasteiger charge is 2.18. The lowest BCUT2D eigenvalue weighted by Gasteiger charge is -2.22. The van der Waals surface area contributed by atoms with Gasteiger partial charge in [0.25, 0.3) is 0 Å². The summed E-state index contributed by atoms with van der Waals surface area (Å²) >= 11 is 0. The van der Waals surface area contributed by atoms with Gasteiger partial charge in [-0.15, -0.1) is 0 Å². The van der Waals surface area contributed by atoms with Crippen molar-refractivity contribution in [2.45, 2.75) is 64.2 Å². The molecule has 2 aromatic carbocycles. The number of nitrogens with one attached hydrogen (secondary N) is 1. The highest BCUT2D eigenvalue weighted by molar-refractivity contribution is 5.84. The number of carbonyl (C=O) groups is 1. The molecule has 1 heterocycles. The summed E-state index contributed by atoms with van der Waals surface area (Å²) in [6.45, 7) is 0.648. The molecule has 5 nitrogen and oxygen atoms in total. The van der Waals surface area contributed by atoms with Gasteiger partial charge in [0, 0.05) is 18.1 Å². The first kappa shape index (κ1) is 22.4. The first-order chi connectivity index (χ1) is 15.7. The zero-order valence-electron chi connectivity index (χ0n) is 19.1. The number of H-pyrrole nitrogens is 1. The maximum absolute atomic E-state index is 11.2. The van der Waals surface area contributed by atoms with Crippen molar-refractivity contribution in [3.8, 4) is 17.1 Å². The molecule has 32 heavy (non-hydrogen) atoms. The van der Waals surface area contributed by atoms with Crippen LogP contribution in [0, 0.1) is 5.92 Å². The largest absolute Gasteiger partial charge is 0.494 e. The molecule has 1 aliphatic carbocycles. The Kier molecular flexibility index (Phi) is 7.81. The molecule has 0 unspecified atom stereocenters. The Bertz CT molecular complexity index is 1010. The smallest absolute Gasteiger partial charge is 0.305 e. The summed E-state index contributed by atoms with van der Waals surface area (Å²) in [5.41, 5.74) is 4.49. The number of esters is 1. The van der Waals surface area contributed by atoms with Gasteiger partial charge in [0.05, 0.1) is 24.8 Å². The molecule has 170 valence electrons. The molecule has 1 fully saturated rings. The van der Waals surface area contributed by atoms with Crippen molar-refractivity contribution in [3.05, 3.63) is 48.0 Å². The summed E-state index contributed by atoms with van der Waals surface area (Å²) in [7, 11) is 1.44. The number of hydrogen-bond acceptors (Lipinski definition) is 4. The number of methoxy groups -OCH3 is 1. The van der Waals surface area contributed by atoms with Gasteiger partial charge in [-0.1, -0.05) is 62.4 Å². The Balaban J connectivity index is 1.48. The van der Waals surface area contributed by atoms with Gasteiger partial charge in [0.2, 0.25) is 0 Å². The molecule has 0 aliphatic heterocycles. The summed E-state index contributed by atoms with van der Waals surface area (Å²) in [5, 5.41) is 0. The van der Waals surface area contributed by atoms with Crippen molar-refractivity contribution in [1.82, 2.24) is 9.97 Å². The summed E-state index contributed by atoms with van der Waals surface area (Å²) < 4.78 is 10.8. The Labute approximate surface area is 190 Å². The number of imidazole rings is 1. The molecule has 1 aromatic heterocycles. The summed E-state index contributed by atoms with van der Waals surface area (Å²) in [6, 6.07) is 14.6. The second kappa shape index (κ2) is 11.2. The van der Waals surface area contributed by atoms with Crippen LogP contribution in [0.2, 0.25) is 0 Å². The lowest BCUT2D eigenvalue weighted by Crippen LogP contribution is -2.10. The van der Waals surface area contributed by atoms with Crippen LogP contribution in [0.3, 0.4) is 0 Å². The lowest BCUT2D eigenvalue weighted by atomic mass is 9.84. The number of ether oxygens (including phenoxy) is 2. The Hall–Kier alpha value is -2.82. The van der Waals surface area contributed by atoms with Crippen LogP contribution < -0.4 is 4.74 Å². The lowest BCUT2D eigenvalue weighted by molar-refractivity contribution is -0.140. The normalized spacial score (nSPS) is 14.5. The average Bonchev–Trinajstić information content (AvgIpc) is 3.27. The van der Waals surface area contributed by atoms with Crippen LogP contribution in [0.25, 0.3) is 22.4 Å². The number of aromatic amines is 1. The van der Waals surface area contributed by atoms with Crippen molar-refractivity contribution in [2.75, 3.05) is 13.7 Å². The molecule has 0 bridgehead atoms. The van der Waals surface area contributed by atoms with Crippen LogP contribution in [0.15, 0.2) is 42.5 Å². The van der Waals surface area contributed by atoms with Gasteiger partial charge in [-0.25, -0.2) is 4.98 Å². The molecule has 0 amide bonds. The molecule has 0 spiro atoms. The van der Waals surface area contributed by atoms with E-state index in [0.29, 0.717) is 13.0 Å². The van der Waals surface area contributed by atoms with Crippen LogP contribution in [0.1, 0.15) is 63.4 Å². The second-order valence-electron chi connectivity index (χ2n) is 8.87. The maximum Gasteiger partial charge on any atom is 0.305 e. The van der Waals surface area contributed by atoms with Gasteiger partial charge in [-0.05, 0) is 43.2 Å².